The molecule has 2 saturated heterocycles. The fourth-order valence-electron chi connectivity index (χ4n) is 3.36. The molecule has 7 N–H and O–H groups in total. The van der Waals surface area contributed by atoms with Crippen LogP contribution in [-0.4, -0.2) is 127 Å². The summed E-state index contributed by atoms with van der Waals surface area (Å²) in [6.45, 7) is -0.0529. The molecule has 2 aliphatic heterocycles. The van der Waals surface area contributed by atoms with E-state index >= 15 is 0 Å². The number of thioether (sulfide) groups is 1. The van der Waals surface area contributed by atoms with Gasteiger partial charge >= 0.3 is 6.09 Å². The van der Waals surface area contributed by atoms with Crippen LogP contribution in [0, 0.1) is 0 Å². The number of halogens is 3. The van der Waals surface area contributed by atoms with Gasteiger partial charge in [0.15, 0.2) is 6.29 Å². The summed E-state index contributed by atoms with van der Waals surface area (Å²) in [5, 5.41) is 62.6. The molecule has 12 nitrogen and oxygen atoms in total. The number of alkyl halides is 3. The van der Waals surface area contributed by atoms with Crippen molar-refractivity contribution in [1.29, 1.82) is 0 Å². The van der Waals surface area contributed by atoms with Crippen molar-refractivity contribution in [2.24, 2.45) is 0 Å². The quantitative estimate of drug-likeness (QED) is 0.170. The van der Waals surface area contributed by atoms with Gasteiger partial charge in [-0.15, -0.1) is 11.8 Å². The first-order valence-corrected chi connectivity index (χ1v) is 12.1. The third-order valence-electron chi connectivity index (χ3n) is 4.98. The van der Waals surface area contributed by atoms with Crippen LogP contribution in [0.25, 0.3) is 0 Å². The number of ether oxygens (including phenoxy) is 4. The van der Waals surface area contributed by atoms with E-state index in [1.165, 1.54) is 11.8 Å². The predicted molar refractivity (Wildman–Crippen MR) is 117 cm³/mol. The second-order valence-electron chi connectivity index (χ2n) is 7.33. The number of carbonyl (C=O) groups is 1. The Labute approximate surface area is 209 Å². The molecule has 0 spiro atoms. The van der Waals surface area contributed by atoms with E-state index in [9.17, 15) is 35.4 Å². The number of hydrogen-bond donors (Lipinski definition) is 7. The molecule has 2 heterocycles. The Balaban J connectivity index is 2.18. The lowest BCUT2D eigenvalue weighted by molar-refractivity contribution is -0.333. The molecule has 1 amide bonds. The van der Waals surface area contributed by atoms with Crippen molar-refractivity contribution in [2.45, 2.75) is 71.2 Å². The molecule has 10 atom stereocenters. The molecule has 0 aliphatic carbocycles. The number of aliphatic hydroxyl groups is 6. The zero-order valence-corrected chi connectivity index (χ0v) is 20.5. The van der Waals surface area contributed by atoms with Crippen LogP contribution in [-0.2, 0) is 18.9 Å². The molecule has 33 heavy (non-hydrogen) atoms. The van der Waals surface area contributed by atoms with Gasteiger partial charge < -0.3 is 54.9 Å². The summed E-state index contributed by atoms with van der Waals surface area (Å²) in [6.07, 6.45) is -13.0. The highest BCUT2D eigenvalue weighted by atomic mass is 35.6. The number of amides is 1. The van der Waals surface area contributed by atoms with Gasteiger partial charge in [0.25, 0.3) is 0 Å². The summed E-state index contributed by atoms with van der Waals surface area (Å²) in [4.78, 5) is 12.2. The number of carbonyl (C=O) groups excluding carboxylic acids is 1. The third-order valence-corrected chi connectivity index (χ3v) is 6.37. The highest BCUT2D eigenvalue weighted by Crippen LogP contribution is 2.33. The molecule has 0 bridgehead atoms. The van der Waals surface area contributed by atoms with Gasteiger partial charge in [-0.1, -0.05) is 41.7 Å². The molecule has 194 valence electrons. The normalized spacial score (nSPS) is 39.8. The van der Waals surface area contributed by atoms with E-state index < -0.39 is 90.2 Å². The van der Waals surface area contributed by atoms with Gasteiger partial charge in [-0.25, -0.2) is 4.79 Å². The summed E-state index contributed by atoms with van der Waals surface area (Å²) < 4.78 is 19.7. The zero-order valence-electron chi connectivity index (χ0n) is 17.4. The lowest BCUT2D eigenvalue weighted by Crippen LogP contribution is -2.66. The Morgan fingerprint density at radius 1 is 1.00 bits per heavy atom. The lowest BCUT2D eigenvalue weighted by Gasteiger charge is -2.47. The highest BCUT2D eigenvalue weighted by Gasteiger charge is 2.51. The molecular formula is C17H28Cl3NO11S. The number of nitrogens with one attached hydrogen (secondary N) is 1. The van der Waals surface area contributed by atoms with E-state index in [1.54, 1.807) is 0 Å². The van der Waals surface area contributed by atoms with Crippen molar-refractivity contribution in [1.82, 2.24) is 5.32 Å². The highest BCUT2D eigenvalue weighted by molar-refractivity contribution is 7.99. The SMILES string of the molecule is CCS[C@@H]1O[C@H](CO)[C@@H](O[C@@H]2O[C@H](CO)[C@H](O)[C@H](O)[C@H]2O)[C@H](O)[C@H]1NC(=O)OCC(Cl)(Cl)Cl. The molecule has 0 aromatic carbocycles. The first kappa shape index (κ1) is 29.4. The molecule has 16 heteroatoms. The molecule has 0 unspecified atom stereocenters. The number of aliphatic hydroxyl groups excluding tert-OH is 6. The van der Waals surface area contributed by atoms with Crippen molar-refractivity contribution in [3.05, 3.63) is 0 Å². The van der Waals surface area contributed by atoms with Gasteiger partial charge in [0.05, 0.1) is 19.3 Å². The first-order valence-electron chi connectivity index (χ1n) is 9.95. The largest absolute Gasteiger partial charge is 0.445 e. The van der Waals surface area contributed by atoms with E-state index in [0.717, 1.165) is 0 Å². The van der Waals surface area contributed by atoms with Gasteiger partial charge in [0, 0.05) is 0 Å². The molecular weight excluding hydrogens is 533 g/mol. The maximum atomic E-state index is 12.2. The predicted octanol–water partition coefficient (Wildman–Crippen LogP) is -1.53. The van der Waals surface area contributed by atoms with Crippen LogP contribution < -0.4 is 5.32 Å². The van der Waals surface area contributed by atoms with E-state index in [2.05, 4.69) is 5.32 Å². The van der Waals surface area contributed by atoms with Crippen molar-refractivity contribution in [3.63, 3.8) is 0 Å². The Morgan fingerprint density at radius 3 is 2.18 bits per heavy atom. The van der Waals surface area contributed by atoms with Crippen LogP contribution in [0.15, 0.2) is 0 Å². The second kappa shape index (κ2) is 12.9. The zero-order chi connectivity index (χ0) is 24.9. The van der Waals surface area contributed by atoms with Crippen molar-refractivity contribution in [3.8, 4) is 0 Å². The number of hydrogen-bond acceptors (Lipinski definition) is 12. The molecule has 2 fully saturated rings. The van der Waals surface area contributed by atoms with E-state index in [4.69, 9.17) is 53.8 Å². The Hall–Kier alpha value is 0.130. The van der Waals surface area contributed by atoms with E-state index in [1.807, 2.05) is 6.92 Å². The van der Waals surface area contributed by atoms with Crippen molar-refractivity contribution >= 4 is 52.7 Å². The Kier molecular flexibility index (Phi) is 11.5. The number of alkyl carbamates (subject to hydrolysis) is 1. The molecule has 2 aliphatic rings. The average molecular weight is 561 g/mol. The summed E-state index contributed by atoms with van der Waals surface area (Å²) in [7, 11) is 0. The average Bonchev–Trinajstić information content (AvgIpc) is 2.76. The van der Waals surface area contributed by atoms with Crippen LogP contribution >= 0.6 is 46.6 Å². The van der Waals surface area contributed by atoms with Crippen molar-refractivity contribution < 1.29 is 54.4 Å². The summed E-state index contributed by atoms with van der Waals surface area (Å²) in [6, 6.07) is -1.13. The Morgan fingerprint density at radius 2 is 1.64 bits per heavy atom. The lowest BCUT2D eigenvalue weighted by atomic mass is 9.96. The minimum absolute atomic E-state index is 0.523. The summed E-state index contributed by atoms with van der Waals surface area (Å²) in [5.41, 5.74) is -0.836. The molecule has 0 saturated carbocycles. The second-order valence-corrected chi connectivity index (χ2v) is 11.2. The maximum Gasteiger partial charge on any atom is 0.407 e. The fraction of sp³-hybridized carbons (Fsp3) is 0.941. The monoisotopic (exact) mass is 559 g/mol. The molecule has 0 aromatic heterocycles. The standard InChI is InChI=1S/C17H28Cl3NO11S/c1-2-33-15-8(21-16(28)29-5-17(18,19)20)10(25)13(7(4-23)31-15)32-14-12(27)11(26)9(24)6(3-22)30-14/h6-15,22-27H,2-5H2,1H3,(H,21,28)/t6-,7-,8-,9+,10-,11+,12-,13-,14+,15+/m1/s1. The van der Waals surface area contributed by atoms with Crippen molar-refractivity contribution in [2.75, 3.05) is 25.6 Å². The minimum Gasteiger partial charge on any atom is -0.445 e. The smallest absolute Gasteiger partial charge is 0.407 e. The molecule has 0 aromatic rings. The van der Waals surface area contributed by atoms with Gasteiger partial charge in [0.1, 0.15) is 54.8 Å². The minimum atomic E-state index is -1.85. The number of rotatable bonds is 8. The third kappa shape index (κ3) is 7.81. The van der Waals surface area contributed by atoms with Crippen LogP contribution in [0.4, 0.5) is 4.79 Å². The summed E-state index contributed by atoms with van der Waals surface area (Å²) in [5.74, 6) is 0.523. The van der Waals surface area contributed by atoms with Crippen LogP contribution in [0.2, 0.25) is 0 Å². The van der Waals surface area contributed by atoms with E-state index in [-0.39, 0.29) is 0 Å². The van der Waals surface area contributed by atoms with Crippen LogP contribution in [0.5, 0.6) is 0 Å². The van der Waals surface area contributed by atoms with Crippen LogP contribution in [0.3, 0.4) is 0 Å². The van der Waals surface area contributed by atoms with Gasteiger partial charge in [-0.2, -0.15) is 0 Å². The fourth-order valence-corrected chi connectivity index (χ4v) is 4.50. The van der Waals surface area contributed by atoms with Crippen LogP contribution in [0.1, 0.15) is 6.92 Å². The van der Waals surface area contributed by atoms with Gasteiger partial charge in [0.2, 0.25) is 3.79 Å². The first-order chi connectivity index (χ1) is 15.4. The topological polar surface area (TPSA) is 187 Å². The van der Waals surface area contributed by atoms with Gasteiger partial charge in [-0.3, -0.25) is 0 Å². The Bertz CT molecular complexity index is 632. The van der Waals surface area contributed by atoms with E-state index in [0.29, 0.717) is 5.75 Å². The molecule has 0 radical (unpaired) electrons. The maximum absolute atomic E-state index is 12.2. The molecule has 2 rings (SSSR count). The van der Waals surface area contributed by atoms with Gasteiger partial charge in [-0.05, 0) is 5.75 Å². The summed E-state index contributed by atoms with van der Waals surface area (Å²) >= 11 is 17.9.